The summed E-state index contributed by atoms with van der Waals surface area (Å²) in [6.45, 7) is 3.26. The van der Waals surface area contributed by atoms with E-state index in [4.69, 9.17) is 15.0 Å². The average Bonchev–Trinajstić information content (AvgIpc) is 3.67. The summed E-state index contributed by atoms with van der Waals surface area (Å²) in [5, 5.41) is 6.19. The lowest BCUT2D eigenvalue weighted by Crippen LogP contribution is -2.42. The number of nitrogens with zero attached hydrogens (tertiary/aromatic N) is 5. The second-order valence-electron chi connectivity index (χ2n) is 10.3. The molecule has 2 fully saturated rings. The first-order valence-electron chi connectivity index (χ1n) is 13.4. The molecule has 1 atom stereocenters. The largest absolute Gasteiger partial charge is 0.493 e. The normalized spacial score (nSPS) is 16.5. The lowest BCUT2D eigenvalue weighted by atomic mass is 9.92. The van der Waals surface area contributed by atoms with Gasteiger partial charge >= 0.3 is 0 Å². The number of ether oxygens (including phenoxy) is 1. The fourth-order valence-corrected chi connectivity index (χ4v) is 4.62. The van der Waals surface area contributed by atoms with Gasteiger partial charge in [-0.1, -0.05) is 5.16 Å². The van der Waals surface area contributed by atoms with Gasteiger partial charge in [0, 0.05) is 43.5 Å². The average molecular weight is 556 g/mol. The number of benzene rings is 1. The molecule has 13 heteroatoms. The van der Waals surface area contributed by atoms with E-state index in [2.05, 4.69) is 30.3 Å². The Bertz CT molecular complexity index is 1330. The minimum absolute atomic E-state index is 0.00509. The molecule has 3 aromatic rings. The van der Waals surface area contributed by atoms with Crippen molar-refractivity contribution in [3.8, 4) is 17.1 Å². The SMILES string of the molecule is C[C@H](NC(=O)c1c(F)cc(OCCCC2CCN(c3ncc(-c4noc(C5CC5)n4)cn3)CC2)cc1F)C(N)=O. The van der Waals surface area contributed by atoms with E-state index in [0.29, 0.717) is 35.9 Å². The first kappa shape index (κ1) is 27.4. The van der Waals surface area contributed by atoms with Crippen LogP contribution in [0.4, 0.5) is 14.7 Å². The van der Waals surface area contributed by atoms with E-state index in [-0.39, 0.29) is 12.4 Å². The summed E-state index contributed by atoms with van der Waals surface area (Å²) in [5.74, 6) is -1.29. The highest BCUT2D eigenvalue weighted by Gasteiger charge is 2.30. The molecule has 11 nitrogen and oxygen atoms in total. The van der Waals surface area contributed by atoms with Crippen molar-refractivity contribution in [1.29, 1.82) is 0 Å². The van der Waals surface area contributed by atoms with Gasteiger partial charge in [0.1, 0.15) is 29.0 Å². The molecule has 2 aliphatic rings. The number of halogens is 2. The molecule has 0 spiro atoms. The molecule has 5 rings (SSSR count). The molecule has 3 N–H and O–H groups in total. The number of anilines is 1. The molecular formula is C27H31F2N7O4. The van der Waals surface area contributed by atoms with Gasteiger partial charge in [-0.15, -0.1) is 0 Å². The van der Waals surface area contributed by atoms with E-state index >= 15 is 0 Å². The Kier molecular flexibility index (Phi) is 8.17. The van der Waals surface area contributed by atoms with Crippen molar-refractivity contribution in [3.05, 3.63) is 47.6 Å². The zero-order valence-corrected chi connectivity index (χ0v) is 22.1. The molecule has 1 aliphatic carbocycles. The lowest BCUT2D eigenvalue weighted by Gasteiger charge is -2.32. The molecule has 2 amide bonds. The Morgan fingerprint density at radius 1 is 1.15 bits per heavy atom. The van der Waals surface area contributed by atoms with Gasteiger partial charge in [-0.05, 0) is 51.4 Å². The van der Waals surface area contributed by atoms with Gasteiger partial charge in [0.15, 0.2) is 0 Å². The van der Waals surface area contributed by atoms with Crippen LogP contribution in [-0.2, 0) is 4.79 Å². The molecule has 40 heavy (non-hydrogen) atoms. The van der Waals surface area contributed by atoms with Gasteiger partial charge in [-0.25, -0.2) is 18.7 Å². The van der Waals surface area contributed by atoms with Crippen molar-refractivity contribution >= 4 is 17.8 Å². The molecule has 1 saturated heterocycles. The van der Waals surface area contributed by atoms with Crippen LogP contribution in [0.15, 0.2) is 29.0 Å². The molecule has 3 heterocycles. The van der Waals surface area contributed by atoms with E-state index in [1.54, 1.807) is 12.4 Å². The van der Waals surface area contributed by atoms with Crippen LogP contribution in [0.3, 0.4) is 0 Å². The topological polar surface area (TPSA) is 149 Å². The highest BCUT2D eigenvalue weighted by Crippen LogP contribution is 2.39. The van der Waals surface area contributed by atoms with Crippen LogP contribution in [0.5, 0.6) is 5.75 Å². The van der Waals surface area contributed by atoms with Crippen LogP contribution in [0.25, 0.3) is 11.4 Å². The van der Waals surface area contributed by atoms with E-state index < -0.39 is 35.1 Å². The predicted octanol–water partition coefficient (Wildman–Crippen LogP) is 3.36. The smallest absolute Gasteiger partial charge is 0.257 e. The fraction of sp³-hybridized carbons (Fsp3) is 0.481. The predicted molar refractivity (Wildman–Crippen MR) is 139 cm³/mol. The zero-order valence-electron chi connectivity index (χ0n) is 22.1. The van der Waals surface area contributed by atoms with E-state index in [1.807, 2.05) is 0 Å². The van der Waals surface area contributed by atoms with Gasteiger partial charge in [0.25, 0.3) is 5.91 Å². The Balaban J connectivity index is 1.04. The number of aromatic nitrogens is 4. The summed E-state index contributed by atoms with van der Waals surface area (Å²) in [6.07, 6.45) is 9.19. The molecule has 212 valence electrons. The minimum Gasteiger partial charge on any atom is -0.493 e. The minimum atomic E-state index is -1.08. The van der Waals surface area contributed by atoms with Gasteiger partial charge < -0.3 is 25.2 Å². The first-order valence-corrected chi connectivity index (χ1v) is 13.4. The summed E-state index contributed by atoms with van der Waals surface area (Å²) >= 11 is 0. The number of nitrogens with two attached hydrogens (primary N) is 1. The zero-order chi connectivity index (χ0) is 28.2. The highest BCUT2D eigenvalue weighted by atomic mass is 19.1. The number of piperidine rings is 1. The summed E-state index contributed by atoms with van der Waals surface area (Å²) in [7, 11) is 0. The quantitative estimate of drug-likeness (QED) is 0.340. The summed E-state index contributed by atoms with van der Waals surface area (Å²) in [4.78, 5) is 38.8. The molecule has 1 saturated carbocycles. The monoisotopic (exact) mass is 555 g/mol. The van der Waals surface area contributed by atoms with Crippen molar-refractivity contribution in [2.75, 3.05) is 24.6 Å². The summed E-state index contributed by atoms with van der Waals surface area (Å²) in [5.41, 5.74) is 5.01. The van der Waals surface area contributed by atoms with Gasteiger partial charge in [0.05, 0.1) is 12.2 Å². The molecule has 0 unspecified atom stereocenters. The standard InChI is InChI=1S/C27H31F2N7O4/c1-15(23(30)37)33-25(38)22-20(28)11-19(12-21(22)29)39-10-2-3-16-6-8-36(9-7-16)27-31-13-18(14-32-27)24-34-26(40-35-24)17-4-5-17/h11-17H,2-10H2,1H3,(H2,30,37)(H,33,38)/t15-/m0/s1. The number of hydrogen-bond acceptors (Lipinski definition) is 9. The molecule has 2 aromatic heterocycles. The summed E-state index contributed by atoms with van der Waals surface area (Å²) in [6, 6.07) is 0.855. The van der Waals surface area contributed by atoms with Gasteiger partial charge in [0.2, 0.25) is 23.6 Å². The van der Waals surface area contributed by atoms with Crippen molar-refractivity contribution in [2.45, 2.75) is 57.4 Å². The maximum absolute atomic E-state index is 14.4. The fourth-order valence-electron chi connectivity index (χ4n) is 4.62. The Morgan fingerprint density at radius 2 is 1.82 bits per heavy atom. The molecule has 0 bridgehead atoms. The van der Waals surface area contributed by atoms with Crippen molar-refractivity contribution in [2.24, 2.45) is 11.7 Å². The third kappa shape index (κ3) is 6.52. The maximum Gasteiger partial charge on any atom is 0.257 e. The molecule has 0 radical (unpaired) electrons. The Labute approximate surface area is 229 Å². The Hall–Kier alpha value is -4.16. The van der Waals surface area contributed by atoms with Crippen LogP contribution >= 0.6 is 0 Å². The van der Waals surface area contributed by atoms with Crippen molar-refractivity contribution < 1.29 is 27.6 Å². The van der Waals surface area contributed by atoms with Crippen LogP contribution in [0, 0.1) is 17.6 Å². The highest BCUT2D eigenvalue weighted by molar-refractivity contribution is 5.97. The van der Waals surface area contributed by atoms with Crippen LogP contribution in [-0.4, -0.2) is 57.7 Å². The lowest BCUT2D eigenvalue weighted by molar-refractivity contribution is -0.119. The van der Waals surface area contributed by atoms with Crippen molar-refractivity contribution in [3.63, 3.8) is 0 Å². The molecular weight excluding hydrogens is 524 g/mol. The number of carbonyl (C=O) groups excluding carboxylic acids is 2. The first-order chi connectivity index (χ1) is 19.3. The second-order valence-corrected chi connectivity index (χ2v) is 10.3. The number of primary amides is 1. The maximum atomic E-state index is 14.4. The van der Waals surface area contributed by atoms with E-state index in [0.717, 1.165) is 62.9 Å². The number of carbonyl (C=O) groups is 2. The van der Waals surface area contributed by atoms with E-state index in [1.165, 1.54) is 6.92 Å². The molecule has 1 aromatic carbocycles. The van der Waals surface area contributed by atoms with Gasteiger partial charge in [-0.3, -0.25) is 9.59 Å². The van der Waals surface area contributed by atoms with Crippen LogP contribution in [0.2, 0.25) is 0 Å². The number of nitrogens with one attached hydrogen (secondary N) is 1. The van der Waals surface area contributed by atoms with Crippen LogP contribution < -0.4 is 20.7 Å². The van der Waals surface area contributed by atoms with E-state index in [9.17, 15) is 18.4 Å². The number of rotatable bonds is 11. The number of amides is 2. The summed E-state index contributed by atoms with van der Waals surface area (Å²) < 4.78 is 39.7. The van der Waals surface area contributed by atoms with Crippen LogP contribution in [0.1, 0.15) is 67.6 Å². The second kappa shape index (κ2) is 11.9. The Morgan fingerprint density at radius 3 is 2.45 bits per heavy atom. The van der Waals surface area contributed by atoms with Crippen molar-refractivity contribution in [1.82, 2.24) is 25.4 Å². The molecule has 1 aliphatic heterocycles. The van der Waals surface area contributed by atoms with Gasteiger partial charge in [-0.2, -0.15) is 4.98 Å². The number of hydrogen-bond donors (Lipinski definition) is 2. The third-order valence-corrected chi connectivity index (χ3v) is 7.20. The third-order valence-electron chi connectivity index (χ3n) is 7.20.